The van der Waals surface area contributed by atoms with Crippen molar-refractivity contribution in [1.82, 2.24) is 19.8 Å². The summed E-state index contributed by atoms with van der Waals surface area (Å²) < 4.78 is 18.9. The van der Waals surface area contributed by atoms with Gasteiger partial charge in [0.15, 0.2) is 28.4 Å². The van der Waals surface area contributed by atoms with Crippen molar-refractivity contribution in [3.8, 4) is 28.6 Å². The zero-order valence-corrected chi connectivity index (χ0v) is 14.6. The zero-order chi connectivity index (χ0) is 17.5. The minimum Gasteiger partial charge on any atom is -0.497 e. The summed E-state index contributed by atoms with van der Waals surface area (Å²) in [6.07, 6.45) is -0.269. The van der Waals surface area contributed by atoms with Gasteiger partial charge in [-0.05, 0) is 24.3 Å². The molecule has 2 aromatic carbocycles. The highest BCUT2D eigenvalue weighted by molar-refractivity contribution is 7.16. The third kappa shape index (κ3) is 2.46. The first-order chi connectivity index (χ1) is 12.8. The number of aromatic nitrogens is 4. The van der Waals surface area contributed by atoms with E-state index in [1.807, 2.05) is 48.5 Å². The molecule has 0 saturated heterocycles. The summed E-state index contributed by atoms with van der Waals surface area (Å²) in [5.74, 6) is 2.90. The molecule has 0 aliphatic carbocycles. The summed E-state index contributed by atoms with van der Waals surface area (Å²) in [4.78, 5) is 0.709. The van der Waals surface area contributed by atoms with Crippen molar-refractivity contribution in [2.45, 2.75) is 6.10 Å². The van der Waals surface area contributed by atoms with E-state index >= 15 is 0 Å². The monoisotopic (exact) mass is 366 g/mol. The molecular formula is C18H14N4O3S. The van der Waals surface area contributed by atoms with E-state index < -0.39 is 0 Å². The minimum absolute atomic E-state index is 0.269. The average molecular weight is 366 g/mol. The number of methoxy groups -OCH3 is 1. The Morgan fingerprint density at radius 3 is 2.88 bits per heavy atom. The van der Waals surface area contributed by atoms with Crippen LogP contribution in [0.4, 0.5) is 0 Å². The van der Waals surface area contributed by atoms with E-state index in [9.17, 15) is 0 Å². The largest absolute Gasteiger partial charge is 0.497 e. The maximum Gasteiger partial charge on any atom is 0.235 e. The van der Waals surface area contributed by atoms with E-state index in [1.54, 1.807) is 11.6 Å². The van der Waals surface area contributed by atoms with Crippen LogP contribution in [0, 0.1) is 0 Å². The first-order valence-electron chi connectivity index (χ1n) is 8.07. The van der Waals surface area contributed by atoms with Gasteiger partial charge in [0.05, 0.1) is 7.11 Å². The van der Waals surface area contributed by atoms with Crippen LogP contribution >= 0.6 is 11.3 Å². The normalized spacial score (nSPS) is 16.0. The molecule has 2 aromatic heterocycles. The number of ether oxygens (including phenoxy) is 3. The maximum atomic E-state index is 6.04. The highest BCUT2D eigenvalue weighted by Crippen LogP contribution is 2.37. The number of fused-ring (bicyclic) bond motifs is 2. The fourth-order valence-corrected chi connectivity index (χ4v) is 3.70. The Morgan fingerprint density at radius 2 is 2.00 bits per heavy atom. The Balaban J connectivity index is 1.51. The third-order valence-corrected chi connectivity index (χ3v) is 5.11. The molecule has 7 nitrogen and oxygen atoms in total. The summed E-state index contributed by atoms with van der Waals surface area (Å²) in [6.45, 7) is 0.412. The van der Waals surface area contributed by atoms with Crippen LogP contribution in [0.2, 0.25) is 0 Å². The van der Waals surface area contributed by atoms with Gasteiger partial charge in [-0.2, -0.15) is 9.61 Å². The van der Waals surface area contributed by atoms with E-state index in [-0.39, 0.29) is 6.10 Å². The van der Waals surface area contributed by atoms with Crippen LogP contribution in [0.5, 0.6) is 17.2 Å². The quantitative estimate of drug-likeness (QED) is 0.554. The van der Waals surface area contributed by atoms with Crippen LogP contribution in [-0.4, -0.2) is 33.5 Å². The molecule has 0 unspecified atom stereocenters. The summed E-state index contributed by atoms with van der Waals surface area (Å²) in [7, 11) is 1.64. The molecule has 130 valence electrons. The molecule has 0 saturated carbocycles. The van der Waals surface area contributed by atoms with Crippen molar-refractivity contribution < 1.29 is 14.2 Å². The smallest absolute Gasteiger partial charge is 0.235 e. The minimum atomic E-state index is -0.269. The highest BCUT2D eigenvalue weighted by atomic mass is 32.1. The number of hydrogen-bond acceptors (Lipinski definition) is 7. The summed E-state index contributed by atoms with van der Waals surface area (Å²) >= 11 is 1.45. The van der Waals surface area contributed by atoms with E-state index in [0.29, 0.717) is 17.4 Å². The standard InChI is InChI=1S/C18H14N4O3S/c1-23-12-6-4-5-11(9-12)16-19-20-18-22(16)21-17(26-18)15-10-24-13-7-2-3-8-14(13)25-15/h2-9,15H,10H2,1H3/t15-/m1/s1. The van der Waals surface area contributed by atoms with Gasteiger partial charge in [-0.25, -0.2) is 0 Å². The molecule has 0 radical (unpaired) electrons. The van der Waals surface area contributed by atoms with Crippen LogP contribution in [0.25, 0.3) is 16.3 Å². The molecule has 4 aromatic rings. The number of benzene rings is 2. The van der Waals surface area contributed by atoms with Gasteiger partial charge in [-0.15, -0.1) is 10.2 Å². The van der Waals surface area contributed by atoms with Gasteiger partial charge in [0.2, 0.25) is 4.96 Å². The number of para-hydroxylation sites is 2. The Labute approximate surface area is 152 Å². The fourth-order valence-electron chi connectivity index (χ4n) is 2.85. The van der Waals surface area contributed by atoms with Crippen molar-refractivity contribution in [1.29, 1.82) is 0 Å². The molecule has 1 atom stereocenters. The van der Waals surface area contributed by atoms with Gasteiger partial charge in [-0.1, -0.05) is 35.6 Å². The second kappa shape index (κ2) is 5.99. The van der Waals surface area contributed by atoms with E-state index in [0.717, 1.165) is 27.8 Å². The number of nitrogens with zero attached hydrogens (tertiary/aromatic N) is 4. The number of rotatable bonds is 3. The number of hydrogen-bond donors (Lipinski definition) is 0. The van der Waals surface area contributed by atoms with E-state index in [4.69, 9.17) is 14.2 Å². The second-order valence-corrected chi connectivity index (χ2v) is 6.74. The van der Waals surface area contributed by atoms with Gasteiger partial charge in [0.1, 0.15) is 12.4 Å². The molecule has 26 heavy (non-hydrogen) atoms. The molecule has 5 rings (SSSR count). The van der Waals surface area contributed by atoms with Gasteiger partial charge in [-0.3, -0.25) is 0 Å². The second-order valence-electron chi connectivity index (χ2n) is 5.75. The summed E-state index contributed by atoms with van der Waals surface area (Å²) in [5.41, 5.74) is 0.889. The van der Waals surface area contributed by atoms with Crippen molar-refractivity contribution >= 4 is 16.3 Å². The topological polar surface area (TPSA) is 70.8 Å². The molecule has 0 N–H and O–H groups in total. The Morgan fingerprint density at radius 1 is 1.12 bits per heavy atom. The molecular weight excluding hydrogens is 352 g/mol. The lowest BCUT2D eigenvalue weighted by Crippen LogP contribution is -2.21. The molecule has 3 heterocycles. The van der Waals surface area contributed by atoms with Crippen molar-refractivity contribution in [2.24, 2.45) is 0 Å². The first-order valence-corrected chi connectivity index (χ1v) is 8.88. The first kappa shape index (κ1) is 15.2. The zero-order valence-electron chi connectivity index (χ0n) is 13.8. The molecule has 0 spiro atoms. The molecule has 0 bridgehead atoms. The van der Waals surface area contributed by atoms with E-state index in [2.05, 4.69) is 15.3 Å². The summed E-state index contributed by atoms with van der Waals surface area (Å²) in [6, 6.07) is 15.3. The third-order valence-electron chi connectivity index (χ3n) is 4.12. The van der Waals surface area contributed by atoms with Gasteiger partial charge >= 0.3 is 0 Å². The van der Waals surface area contributed by atoms with Crippen LogP contribution in [0.1, 0.15) is 11.1 Å². The van der Waals surface area contributed by atoms with Crippen LogP contribution in [0.3, 0.4) is 0 Å². The molecule has 0 fully saturated rings. The Hall–Kier alpha value is -3.13. The lowest BCUT2D eigenvalue weighted by atomic mass is 10.2. The molecule has 0 amide bonds. The van der Waals surface area contributed by atoms with E-state index in [1.165, 1.54) is 11.3 Å². The Bertz CT molecular complexity index is 1090. The summed E-state index contributed by atoms with van der Waals surface area (Å²) in [5, 5.41) is 14.0. The highest BCUT2D eigenvalue weighted by Gasteiger charge is 2.27. The van der Waals surface area contributed by atoms with Crippen molar-refractivity contribution in [3.63, 3.8) is 0 Å². The lowest BCUT2D eigenvalue weighted by Gasteiger charge is -2.24. The molecule has 8 heteroatoms. The predicted octanol–water partition coefficient (Wildman–Crippen LogP) is 3.37. The Kier molecular flexibility index (Phi) is 3.49. The predicted molar refractivity (Wildman–Crippen MR) is 96.0 cm³/mol. The average Bonchev–Trinajstić information content (AvgIpc) is 3.28. The van der Waals surface area contributed by atoms with Crippen molar-refractivity contribution in [2.75, 3.05) is 13.7 Å². The lowest BCUT2D eigenvalue weighted by molar-refractivity contribution is 0.0904. The SMILES string of the molecule is COc1cccc(-c2nnc3sc([C@H]4COc5ccccc5O4)nn23)c1. The van der Waals surface area contributed by atoms with Crippen LogP contribution < -0.4 is 14.2 Å². The van der Waals surface area contributed by atoms with Crippen LogP contribution in [-0.2, 0) is 0 Å². The van der Waals surface area contributed by atoms with Crippen molar-refractivity contribution in [3.05, 3.63) is 53.5 Å². The van der Waals surface area contributed by atoms with Crippen LogP contribution in [0.15, 0.2) is 48.5 Å². The molecule has 1 aliphatic heterocycles. The fraction of sp³-hybridized carbons (Fsp3) is 0.167. The maximum absolute atomic E-state index is 6.04. The van der Waals surface area contributed by atoms with Gasteiger partial charge in [0.25, 0.3) is 0 Å². The van der Waals surface area contributed by atoms with Gasteiger partial charge < -0.3 is 14.2 Å². The molecule has 1 aliphatic rings. The van der Waals surface area contributed by atoms with Gasteiger partial charge in [0, 0.05) is 5.56 Å².